The molecular weight excluding hydrogens is 339 g/mol. The fourth-order valence-corrected chi connectivity index (χ4v) is 3.39. The molecule has 0 aliphatic carbocycles. The molecule has 5 heteroatoms. The second-order valence-corrected chi connectivity index (χ2v) is 6.87. The summed E-state index contributed by atoms with van der Waals surface area (Å²) in [6.07, 6.45) is -2.30. The summed E-state index contributed by atoms with van der Waals surface area (Å²) < 4.78 is 38.1. The summed E-state index contributed by atoms with van der Waals surface area (Å²) in [5, 5.41) is 12.0. The Hall–Kier alpha value is -2.40. The zero-order valence-corrected chi connectivity index (χ0v) is 14.6. The highest BCUT2D eigenvalue weighted by molar-refractivity contribution is 5.82. The van der Waals surface area contributed by atoms with Crippen LogP contribution in [0.3, 0.4) is 0 Å². The van der Waals surface area contributed by atoms with Gasteiger partial charge < -0.3 is 5.11 Å². The summed E-state index contributed by atoms with van der Waals surface area (Å²) in [4.78, 5) is 4.31. The quantitative estimate of drug-likeness (QED) is 0.652. The molecule has 1 aromatic heterocycles. The predicted octanol–water partition coefficient (Wildman–Crippen LogP) is 5.65. The number of alkyl halides is 3. The van der Waals surface area contributed by atoms with E-state index in [9.17, 15) is 18.3 Å². The summed E-state index contributed by atoms with van der Waals surface area (Å²) >= 11 is 0. The molecule has 0 saturated carbocycles. The summed E-state index contributed by atoms with van der Waals surface area (Å²) in [7, 11) is 0. The Labute approximate surface area is 150 Å². The van der Waals surface area contributed by atoms with Gasteiger partial charge in [-0.3, -0.25) is 4.98 Å². The van der Waals surface area contributed by atoms with Crippen LogP contribution in [-0.4, -0.2) is 10.1 Å². The lowest BCUT2D eigenvalue weighted by molar-refractivity contribution is -0.137. The summed E-state index contributed by atoms with van der Waals surface area (Å²) in [6.45, 7) is 3.63. The Balaban J connectivity index is 1.86. The second-order valence-electron chi connectivity index (χ2n) is 6.87. The van der Waals surface area contributed by atoms with E-state index in [1.165, 1.54) is 12.1 Å². The van der Waals surface area contributed by atoms with Crippen molar-refractivity contribution in [2.45, 2.75) is 38.0 Å². The van der Waals surface area contributed by atoms with Gasteiger partial charge in [0.05, 0.1) is 16.7 Å². The van der Waals surface area contributed by atoms with Crippen LogP contribution in [0, 0.1) is 0 Å². The Kier molecular flexibility index (Phi) is 4.76. The first kappa shape index (κ1) is 18.4. The topological polar surface area (TPSA) is 33.1 Å². The van der Waals surface area contributed by atoms with Crippen LogP contribution in [0.5, 0.6) is 0 Å². The van der Waals surface area contributed by atoms with E-state index >= 15 is 0 Å². The molecule has 0 fully saturated rings. The summed E-state index contributed by atoms with van der Waals surface area (Å²) in [6, 6.07) is 14.5. The largest absolute Gasteiger partial charge is 0.416 e. The molecule has 0 saturated heterocycles. The average molecular weight is 359 g/mol. The molecule has 0 amide bonds. The van der Waals surface area contributed by atoms with Gasteiger partial charge in [-0.2, -0.15) is 13.2 Å². The van der Waals surface area contributed by atoms with Crippen molar-refractivity contribution in [3.63, 3.8) is 0 Å². The van der Waals surface area contributed by atoms with Gasteiger partial charge in [0.15, 0.2) is 0 Å². The average Bonchev–Trinajstić information content (AvgIpc) is 2.60. The number of para-hydroxylation sites is 1. The van der Waals surface area contributed by atoms with Crippen LogP contribution in [0.2, 0.25) is 0 Å². The first-order valence-electron chi connectivity index (χ1n) is 8.42. The number of aromatic nitrogens is 1. The lowest BCUT2D eigenvalue weighted by Gasteiger charge is -2.28. The fourth-order valence-electron chi connectivity index (χ4n) is 3.39. The maximum Gasteiger partial charge on any atom is 0.416 e. The van der Waals surface area contributed by atoms with E-state index in [4.69, 9.17) is 0 Å². The van der Waals surface area contributed by atoms with Crippen molar-refractivity contribution >= 4 is 10.9 Å². The zero-order chi connectivity index (χ0) is 18.9. The number of nitrogens with zero attached hydrogens (tertiary/aromatic N) is 1. The van der Waals surface area contributed by atoms with Crippen LogP contribution in [0.1, 0.15) is 42.9 Å². The molecule has 2 unspecified atom stereocenters. The van der Waals surface area contributed by atoms with Crippen molar-refractivity contribution in [2.75, 3.05) is 0 Å². The van der Waals surface area contributed by atoms with E-state index in [2.05, 4.69) is 4.98 Å². The molecule has 0 aliphatic heterocycles. The summed E-state index contributed by atoms with van der Waals surface area (Å²) in [5.74, 6) is -0.112. The van der Waals surface area contributed by atoms with E-state index < -0.39 is 17.3 Å². The first-order valence-corrected chi connectivity index (χ1v) is 8.42. The highest BCUT2D eigenvalue weighted by Gasteiger charge is 2.31. The van der Waals surface area contributed by atoms with Crippen LogP contribution >= 0.6 is 0 Å². The monoisotopic (exact) mass is 359 g/mol. The molecule has 1 heterocycles. The first-order chi connectivity index (χ1) is 12.2. The lowest BCUT2D eigenvalue weighted by Crippen LogP contribution is -2.24. The van der Waals surface area contributed by atoms with E-state index in [0.717, 1.165) is 34.2 Å². The number of pyridine rings is 1. The minimum absolute atomic E-state index is 0.112. The van der Waals surface area contributed by atoms with Crippen LogP contribution in [0.25, 0.3) is 10.9 Å². The Morgan fingerprint density at radius 1 is 1.00 bits per heavy atom. The predicted molar refractivity (Wildman–Crippen MR) is 95.8 cm³/mol. The van der Waals surface area contributed by atoms with Gasteiger partial charge in [0.2, 0.25) is 0 Å². The number of aliphatic hydroxyl groups is 1. The lowest BCUT2D eigenvalue weighted by atomic mass is 9.82. The molecular formula is C21H20F3NO. The molecule has 2 aromatic carbocycles. The molecule has 0 aliphatic rings. The molecule has 1 N–H and O–H groups in total. The molecule has 2 atom stereocenters. The highest BCUT2D eigenvalue weighted by Crippen LogP contribution is 2.37. The Bertz CT molecular complexity index is 896. The molecule has 2 nitrogen and oxygen atoms in total. The zero-order valence-electron chi connectivity index (χ0n) is 14.6. The SMILES string of the molecule is CC(CC(C)(O)c1ccnc2ccccc12)c1ccc(C(F)(F)F)cc1. The summed E-state index contributed by atoms with van der Waals surface area (Å²) in [5.41, 5.74) is 0.524. The van der Waals surface area contributed by atoms with Crippen LogP contribution in [-0.2, 0) is 11.8 Å². The minimum Gasteiger partial charge on any atom is -0.385 e. The van der Waals surface area contributed by atoms with Crippen molar-refractivity contribution in [3.8, 4) is 0 Å². The van der Waals surface area contributed by atoms with Gasteiger partial charge in [-0.1, -0.05) is 37.3 Å². The Morgan fingerprint density at radius 3 is 2.31 bits per heavy atom. The molecule has 3 rings (SSSR count). The second kappa shape index (κ2) is 6.72. The minimum atomic E-state index is -4.34. The molecule has 3 aromatic rings. The molecule has 0 radical (unpaired) electrons. The number of fused-ring (bicyclic) bond motifs is 1. The van der Waals surface area contributed by atoms with Gasteiger partial charge in [0.1, 0.15) is 0 Å². The van der Waals surface area contributed by atoms with E-state index in [1.54, 1.807) is 19.2 Å². The number of rotatable bonds is 4. The number of halogens is 3. The number of hydrogen-bond acceptors (Lipinski definition) is 2. The van der Waals surface area contributed by atoms with Gasteiger partial charge in [0, 0.05) is 11.6 Å². The van der Waals surface area contributed by atoms with Crippen LogP contribution < -0.4 is 0 Å². The van der Waals surface area contributed by atoms with E-state index in [-0.39, 0.29) is 5.92 Å². The molecule has 136 valence electrons. The molecule has 0 spiro atoms. The van der Waals surface area contributed by atoms with Gasteiger partial charge in [-0.05, 0) is 54.7 Å². The third kappa shape index (κ3) is 3.73. The van der Waals surface area contributed by atoms with Crippen LogP contribution in [0.4, 0.5) is 13.2 Å². The van der Waals surface area contributed by atoms with Gasteiger partial charge >= 0.3 is 6.18 Å². The molecule has 26 heavy (non-hydrogen) atoms. The van der Waals surface area contributed by atoms with Crippen molar-refractivity contribution in [2.24, 2.45) is 0 Å². The van der Waals surface area contributed by atoms with Gasteiger partial charge in [-0.15, -0.1) is 0 Å². The smallest absolute Gasteiger partial charge is 0.385 e. The third-order valence-corrected chi connectivity index (χ3v) is 4.74. The van der Waals surface area contributed by atoms with Crippen molar-refractivity contribution in [1.29, 1.82) is 0 Å². The van der Waals surface area contributed by atoms with Gasteiger partial charge in [0.25, 0.3) is 0 Å². The normalized spacial score (nSPS) is 15.6. The van der Waals surface area contributed by atoms with E-state index in [1.807, 2.05) is 31.2 Å². The van der Waals surface area contributed by atoms with Crippen molar-refractivity contribution in [1.82, 2.24) is 4.98 Å². The maximum absolute atomic E-state index is 12.7. The number of hydrogen-bond donors (Lipinski definition) is 1. The number of benzene rings is 2. The Morgan fingerprint density at radius 2 is 1.65 bits per heavy atom. The van der Waals surface area contributed by atoms with Crippen molar-refractivity contribution < 1.29 is 18.3 Å². The van der Waals surface area contributed by atoms with E-state index in [0.29, 0.717) is 6.42 Å². The maximum atomic E-state index is 12.7. The van der Waals surface area contributed by atoms with Gasteiger partial charge in [-0.25, -0.2) is 0 Å². The van der Waals surface area contributed by atoms with Crippen molar-refractivity contribution in [3.05, 3.63) is 77.5 Å². The fraction of sp³-hybridized carbons (Fsp3) is 0.286. The molecule has 0 bridgehead atoms. The van der Waals surface area contributed by atoms with Crippen LogP contribution in [0.15, 0.2) is 60.8 Å². The highest BCUT2D eigenvalue weighted by atomic mass is 19.4. The third-order valence-electron chi connectivity index (χ3n) is 4.74. The standard InChI is InChI=1S/C21H20F3NO/c1-14(15-7-9-16(10-8-15)21(22,23)24)13-20(2,26)18-11-12-25-19-6-4-3-5-17(18)19/h3-12,14,26H,13H2,1-2H3.